The van der Waals surface area contributed by atoms with Crippen molar-refractivity contribution >= 4 is 15.9 Å². The second-order valence-corrected chi connectivity index (χ2v) is 6.99. The molecule has 0 bridgehead atoms. The van der Waals surface area contributed by atoms with E-state index in [-0.39, 0.29) is 10.8 Å². The Morgan fingerprint density at radius 2 is 2.00 bits per heavy atom. The zero-order valence-electron chi connectivity index (χ0n) is 12.8. The molecule has 0 unspecified atom stereocenters. The second-order valence-electron chi connectivity index (χ2n) is 4.87. The van der Waals surface area contributed by atoms with Gasteiger partial charge in [0.05, 0.1) is 4.90 Å². The van der Waals surface area contributed by atoms with E-state index in [2.05, 4.69) is 5.32 Å². The lowest BCUT2D eigenvalue weighted by Crippen LogP contribution is -2.27. The summed E-state index contributed by atoms with van der Waals surface area (Å²) in [6.45, 7) is 2.75. The van der Waals surface area contributed by atoms with E-state index >= 15 is 0 Å². The molecule has 0 saturated carbocycles. The highest BCUT2D eigenvalue weighted by molar-refractivity contribution is 7.89. The monoisotopic (exact) mass is 314 g/mol. The molecule has 1 aromatic carbocycles. The minimum absolute atomic E-state index is 0.150. The molecule has 0 fully saturated rings. The van der Waals surface area contributed by atoms with Gasteiger partial charge in [0.25, 0.3) is 5.91 Å². The first kappa shape index (κ1) is 17.6. The molecule has 0 radical (unpaired) electrons. The van der Waals surface area contributed by atoms with Gasteiger partial charge in [-0.2, -0.15) is 0 Å². The first-order chi connectivity index (χ1) is 9.80. The molecule has 0 aliphatic rings. The van der Waals surface area contributed by atoms with Crippen LogP contribution in [-0.2, 0) is 14.8 Å². The van der Waals surface area contributed by atoms with Crippen LogP contribution in [0.5, 0.6) is 0 Å². The van der Waals surface area contributed by atoms with Crippen LogP contribution in [-0.4, -0.2) is 53.0 Å². The lowest BCUT2D eigenvalue weighted by atomic mass is 10.1. The molecule has 0 heterocycles. The number of aryl methyl sites for hydroxylation is 1. The molecule has 0 atom stereocenters. The van der Waals surface area contributed by atoms with Crippen LogP contribution in [0.4, 0.5) is 0 Å². The highest BCUT2D eigenvalue weighted by atomic mass is 32.2. The van der Waals surface area contributed by atoms with Crippen molar-refractivity contribution in [1.82, 2.24) is 9.62 Å². The van der Waals surface area contributed by atoms with Gasteiger partial charge >= 0.3 is 0 Å². The zero-order valence-corrected chi connectivity index (χ0v) is 13.7. The highest BCUT2D eigenvalue weighted by Gasteiger charge is 2.21. The van der Waals surface area contributed by atoms with Gasteiger partial charge < -0.3 is 10.1 Å². The zero-order chi connectivity index (χ0) is 16.0. The normalized spacial score (nSPS) is 11.7. The number of ether oxygens (including phenoxy) is 1. The predicted molar refractivity (Wildman–Crippen MR) is 80.9 cm³/mol. The van der Waals surface area contributed by atoms with Crippen molar-refractivity contribution in [3.05, 3.63) is 29.3 Å². The van der Waals surface area contributed by atoms with E-state index in [4.69, 9.17) is 4.74 Å². The summed E-state index contributed by atoms with van der Waals surface area (Å²) in [6.07, 6.45) is 0.705. The molecule has 21 heavy (non-hydrogen) atoms. The van der Waals surface area contributed by atoms with Gasteiger partial charge in [0, 0.05) is 39.9 Å². The number of nitrogens with one attached hydrogen (secondary N) is 1. The quantitative estimate of drug-likeness (QED) is 0.762. The molecule has 1 N–H and O–H groups in total. The fraction of sp³-hybridized carbons (Fsp3) is 0.500. The first-order valence-corrected chi connectivity index (χ1v) is 8.05. The molecular formula is C14H22N2O4S. The smallest absolute Gasteiger partial charge is 0.251 e. The molecular weight excluding hydrogens is 292 g/mol. The predicted octanol–water partition coefficient (Wildman–Crippen LogP) is 1.01. The van der Waals surface area contributed by atoms with E-state index in [9.17, 15) is 13.2 Å². The van der Waals surface area contributed by atoms with Crippen LogP contribution in [0.1, 0.15) is 22.3 Å². The summed E-state index contributed by atoms with van der Waals surface area (Å²) in [5.74, 6) is -0.290. The van der Waals surface area contributed by atoms with E-state index < -0.39 is 10.0 Å². The summed E-state index contributed by atoms with van der Waals surface area (Å²) in [5.41, 5.74) is 0.943. The third kappa shape index (κ3) is 4.52. The van der Waals surface area contributed by atoms with Crippen LogP contribution in [0.2, 0.25) is 0 Å². The van der Waals surface area contributed by atoms with Crippen molar-refractivity contribution in [2.24, 2.45) is 0 Å². The number of sulfonamides is 1. The number of methoxy groups -OCH3 is 1. The molecule has 1 amide bonds. The number of carbonyl (C=O) groups excluding carboxylic acids is 1. The number of amides is 1. The molecule has 0 saturated heterocycles. The fourth-order valence-corrected chi connectivity index (χ4v) is 2.88. The van der Waals surface area contributed by atoms with Gasteiger partial charge in [-0.3, -0.25) is 4.79 Å². The molecule has 0 aliphatic heterocycles. The number of hydrogen-bond donors (Lipinski definition) is 1. The van der Waals surface area contributed by atoms with Crippen molar-refractivity contribution in [2.75, 3.05) is 34.4 Å². The Morgan fingerprint density at radius 3 is 2.57 bits per heavy atom. The standard InChI is InChI=1S/C14H22N2O4S/c1-11-6-7-12(14(17)15-8-5-9-20-4)10-13(11)21(18,19)16(2)3/h6-7,10H,5,8-9H2,1-4H3,(H,15,17). The molecule has 0 aliphatic carbocycles. The van der Waals surface area contributed by atoms with Gasteiger partial charge in [-0.15, -0.1) is 0 Å². The third-order valence-electron chi connectivity index (χ3n) is 3.02. The SMILES string of the molecule is COCCCNC(=O)c1ccc(C)c(S(=O)(=O)N(C)C)c1. The average molecular weight is 314 g/mol. The summed E-state index contributed by atoms with van der Waals surface area (Å²) >= 11 is 0. The fourth-order valence-electron chi connectivity index (χ4n) is 1.74. The highest BCUT2D eigenvalue weighted by Crippen LogP contribution is 2.19. The number of rotatable bonds is 7. The van der Waals surface area contributed by atoms with Crippen molar-refractivity contribution < 1.29 is 17.9 Å². The minimum Gasteiger partial charge on any atom is -0.385 e. The molecule has 0 spiro atoms. The topological polar surface area (TPSA) is 75.7 Å². The molecule has 1 rings (SSSR count). The molecule has 7 heteroatoms. The van der Waals surface area contributed by atoms with Crippen LogP contribution in [0.3, 0.4) is 0 Å². The Labute approximate surface area is 126 Å². The van der Waals surface area contributed by atoms with Crippen LogP contribution in [0.15, 0.2) is 23.1 Å². The molecule has 118 valence electrons. The summed E-state index contributed by atoms with van der Waals surface area (Å²) < 4.78 is 30.4. The summed E-state index contributed by atoms with van der Waals surface area (Å²) in [6, 6.07) is 4.67. The van der Waals surface area contributed by atoms with E-state index in [0.29, 0.717) is 30.7 Å². The molecule has 0 aromatic heterocycles. The van der Waals surface area contributed by atoms with E-state index in [1.54, 1.807) is 26.2 Å². The van der Waals surface area contributed by atoms with Gasteiger partial charge in [0.2, 0.25) is 10.0 Å². The number of carbonyl (C=O) groups is 1. The Balaban J connectivity index is 2.94. The largest absolute Gasteiger partial charge is 0.385 e. The van der Waals surface area contributed by atoms with Gasteiger partial charge in [0.1, 0.15) is 0 Å². The van der Waals surface area contributed by atoms with E-state index in [0.717, 1.165) is 4.31 Å². The number of benzene rings is 1. The maximum absolute atomic E-state index is 12.2. The lowest BCUT2D eigenvalue weighted by Gasteiger charge is -2.14. The first-order valence-electron chi connectivity index (χ1n) is 6.61. The Bertz CT molecular complexity index is 597. The van der Waals surface area contributed by atoms with Crippen LogP contribution >= 0.6 is 0 Å². The summed E-state index contributed by atoms with van der Waals surface area (Å²) in [4.78, 5) is 12.2. The van der Waals surface area contributed by atoms with Crippen LogP contribution < -0.4 is 5.32 Å². The van der Waals surface area contributed by atoms with E-state index in [1.165, 1.54) is 20.2 Å². The second kappa shape index (κ2) is 7.53. The maximum Gasteiger partial charge on any atom is 0.251 e. The number of nitrogens with zero attached hydrogens (tertiary/aromatic N) is 1. The average Bonchev–Trinajstić information content (AvgIpc) is 2.43. The van der Waals surface area contributed by atoms with Crippen LogP contribution in [0, 0.1) is 6.92 Å². The van der Waals surface area contributed by atoms with Gasteiger partial charge in [-0.1, -0.05) is 6.07 Å². The van der Waals surface area contributed by atoms with Crippen molar-refractivity contribution in [2.45, 2.75) is 18.2 Å². The Kier molecular flexibility index (Phi) is 6.32. The maximum atomic E-state index is 12.2. The Morgan fingerprint density at radius 1 is 1.33 bits per heavy atom. The van der Waals surface area contributed by atoms with Crippen LogP contribution in [0.25, 0.3) is 0 Å². The third-order valence-corrected chi connectivity index (χ3v) is 4.98. The summed E-state index contributed by atoms with van der Waals surface area (Å²) in [7, 11) is 0.967. The van der Waals surface area contributed by atoms with Gasteiger partial charge in [-0.25, -0.2) is 12.7 Å². The Hall–Kier alpha value is -1.44. The van der Waals surface area contributed by atoms with Crippen molar-refractivity contribution in [3.8, 4) is 0 Å². The van der Waals surface area contributed by atoms with Gasteiger partial charge in [-0.05, 0) is 31.0 Å². The van der Waals surface area contributed by atoms with Crippen molar-refractivity contribution in [3.63, 3.8) is 0 Å². The lowest BCUT2D eigenvalue weighted by molar-refractivity contribution is 0.0948. The number of hydrogen-bond acceptors (Lipinski definition) is 4. The molecule has 1 aromatic rings. The molecule has 6 nitrogen and oxygen atoms in total. The van der Waals surface area contributed by atoms with Crippen molar-refractivity contribution in [1.29, 1.82) is 0 Å². The van der Waals surface area contributed by atoms with E-state index in [1.807, 2.05) is 0 Å². The minimum atomic E-state index is -3.56. The summed E-state index contributed by atoms with van der Waals surface area (Å²) in [5, 5.41) is 2.73. The van der Waals surface area contributed by atoms with Gasteiger partial charge in [0.15, 0.2) is 0 Å².